The molecule has 2 aliphatic rings. The zero-order valence-electron chi connectivity index (χ0n) is 8.22. The number of thioether (sulfide) groups is 1. The van der Waals surface area contributed by atoms with E-state index in [1.807, 2.05) is 0 Å². The van der Waals surface area contributed by atoms with Crippen molar-refractivity contribution < 1.29 is 19.4 Å². The van der Waals surface area contributed by atoms with Gasteiger partial charge in [-0.1, -0.05) is 0 Å². The van der Waals surface area contributed by atoms with E-state index in [1.165, 1.54) is 16.7 Å². The van der Waals surface area contributed by atoms with Crippen LogP contribution in [0.15, 0.2) is 0 Å². The Morgan fingerprint density at radius 3 is 2.87 bits per heavy atom. The molecule has 0 saturated carbocycles. The third kappa shape index (κ3) is 2.10. The molecule has 0 aromatic carbocycles. The molecule has 1 unspecified atom stereocenters. The van der Waals surface area contributed by atoms with Crippen LogP contribution in [0, 0.1) is 0 Å². The molecule has 2 aliphatic heterocycles. The summed E-state index contributed by atoms with van der Waals surface area (Å²) in [6.07, 6.45) is 1.19. The van der Waals surface area contributed by atoms with Crippen LogP contribution in [0.25, 0.3) is 0 Å². The van der Waals surface area contributed by atoms with E-state index in [1.54, 1.807) is 0 Å². The van der Waals surface area contributed by atoms with E-state index in [0.717, 1.165) is 6.42 Å². The number of carbonyl (C=O) groups is 2. The van der Waals surface area contributed by atoms with E-state index in [9.17, 15) is 9.59 Å². The molecule has 15 heavy (non-hydrogen) atoms. The molecule has 0 bridgehead atoms. The quantitative estimate of drug-likeness (QED) is 0.733. The fourth-order valence-corrected chi connectivity index (χ4v) is 2.98. The summed E-state index contributed by atoms with van der Waals surface area (Å²) in [6, 6.07) is -0.674. The van der Waals surface area contributed by atoms with Gasteiger partial charge in [-0.2, -0.15) is 0 Å². The van der Waals surface area contributed by atoms with Crippen LogP contribution in [-0.4, -0.2) is 52.3 Å². The Hall–Kier alpha value is -0.750. The first-order valence-corrected chi connectivity index (χ1v) is 6.08. The maximum absolute atomic E-state index is 11.9. The second-order valence-electron chi connectivity index (χ2n) is 3.66. The fourth-order valence-electron chi connectivity index (χ4n) is 1.82. The number of hydrogen-bond donors (Lipinski definition) is 1. The minimum absolute atomic E-state index is 0.162. The van der Waals surface area contributed by atoms with Crippen LogP contribution in [0.3, 0.4) is 0 Å². The molecule has 0 spiro atoms. The molecule has 0 aliphatic carbocycles. The van der Waals surface area contributed by atoms with Crippen molar-refractivity contribution in [1.82, 2.24) is 4.90 Å². The number of carboxylic acids is 1. The van der Waals surface area contributed by atoms with Gasteiger partial charge >= 0.3 is 5.97 Å². The van der Waals surface area contributed by atoms with Crippen LogP contribution < -0.4 is 0 Å². The zero-order chi connectivity index (χ0) is 10.8. The Bertz CT molecular complexity index is 277. The maximum atomic E-state index is 11.9. The predicted molar refractivity (Wildman–Crippen MR) is 54.6 cm³/mol. The van der Waals surface area contributed by atoms with Gasteiger partial charge in [0.05, 0.1) is 5.88 Å². The average molecular weight is 231 g/mol. The lowest BCUT2D eigenvalue weighted by Crippen LogP contribution is -2.46. The lowest BCUT2D eigenvalue weighted by molar-refractivity contribution is -0.151. The van der Waals surface area contributed by atoms with Crippen molar-refractivity contribution in [2.45, 2.75) is 25.0 Å². The summed E-state index contributed by atoms with van der Waals surface area (Å²) in [7, 11) is 0. The van der Waals surface area contributed by atoms with E-state index in [-0.39, 0.29) is 5.91 Å². The van der Waals surface area contributed by atoms with Crippen molar-refractivity contribution in [3.63, 3.8) is 0 Å². The summed E-state index contributed by atoms with van der Waals surface area (Å²) in [5.74, 6) is -0.139. The minimum Gasteiger partial charge on any atom is -0.480 e. The Labute approximate surface area is 91.8 Å². The van der Waals surface area contributed by atoms with E-state index in [0.29, 0.717) is 24.7 Å². The number of rotatable bonds is 2. The van der Waals surface area contributed by atoms with E-state index in [4.69, 9.17) is 9.84 Å². The Kier molecular flexibility index (Phi) is 3.16. The highest BCUT2D eigenvalue weighted by Gasteiger charge is 2.38. The van der Waals surface area contributed by atoms with Gasteiger partial charge in [0.25, 0.3) is 5.91 Å². The maximum Gasteiger partial charge on any atom is 0.327 e. The predicted octanol–water partition coefficient (Wildman–Crippen LogP) is 0.151. The number of aliphatic carboxylic acids is 1. The normalized spacial score (nSPS) is 30.8. The molecule has 1 amide bonds. The zero-order valence-corrected chi connectivity index (χ0v) is 9.03. The first kappa shape index (κ1) is 10.8. The monoisotopic (exact) mass is 231 g/mol. The highest BCUT2D eigenvalue weighted by Crippen LogP contribution is 2.24. The highest BCUT2D eigenvalue weighted by molar-refractivity contribution is 7.99. The molecule has 2 atom stereocenters. The van der Waals surface area contributed by atoms with Crippen molar-refractivity contribution in [2.75, 3.05) is 18.2 Å². The van der Waals surface area contributed by atoms with Crippen LogP contribution in [-0.2, 0) is 14.3 Å². The molecule has 5 nitrogen and oxygen atoms in total. The topological polar surface area (TPSA) is 66.8 Å². The van der Waals surface area contributed by atoms with Gasteiger partial charge in [0.15, 0.2) is 0 Å². The van der Waals surface area contributed by atoms with E-state index < -0.39 is 18.1 Å². The van der Waals surface area contributed by atoms with Gasteiger partial charge in [0, 0.05) is 12.4 Å². The van der Waals surface area contributed by atoms with Crippen molar-refractivity contribution in [1.29, 1.82) is 0 Å². The van der Waals surface area contributed by atoms with Crippen molar-refractivity contribution in [3.05, 3.63) is 0 Å². The van der Waals surface area contributed by atoms with Gasteiger partial charge in [-0.15, -0.1) is 11.8 Å². The van der Waals surface area contributed by atoms with E-state index in [2.05, 4.69) is 0 Å². The summed E-state index contributed by atoms with van der Waals surface area (Å²) < 4.78 is 5.26. The van der Waals surface area contributed by atoms with Crippen LogP contribution in [0.5, 0.6) is 0 Å². The molecule has 2 fully saturated rings. The Balaban J connectivity index is 2.02. The number of carboxylic acid groups (broad SMARTS) is 1. The number of amides is 1. The van der Waals surface area contributed by atoms with E-state index >= 15 is 0 Å². The van der Waals surface area contributed by atoms with Crippen molar-refractivity contribution in [2.24, 2.45) is 0 Å². The summed E-state index contributed by atoms with van der Waals surface area (Å²) >= 11 is 1.47. The molecule has 0 aromatic rings. The fraction of sp³-hybridized carbons (Fsp3) is 0.778. The van der Waals surface area contributed by atoms with Crippen LogP contribution in [0.1, 0.15) is 12.8 Å². The Morgan fingerprint density at radius 1 is 1.47 bits per heavy atom. The van der Waals surface area contributed by atoms with Gasteiger partial charge in [-0.3, -0.25) is 4.79 Å². The number of hydrogen-bond acceptors (Lipinski definition) is 4. The lowest BCUT2D eigenvalue weighted by Gasteiger charge is -2.23. The minimum atomic E-state index is -0.925. The SMILES string of the molecule is O=C(O)[C@@H]1CSCN1C(=O)C1CCCO1. The molecule has 0 aromatic heterocycles. The molecule has 2 heterocycles. The average Bonchev–Trinajstić information content (AvgIpc) is 2.88. The van der Waals surface area contributed by atoms with Crippen LogP contribution in [0.2, 0.25) is 0 Å². The van der Waals surface area contributed by atoms with Crippen LogP contribution >= 0.6 is 11.8 Å². The number of nitrogens with zero attached hydrogens (tertiary/aromatic N) is 1. The van der Waals surface area contributed by atoms with Gasteiger partial charge in [0.2, 0.25) is 0 Å². The van der Waals surface area contributed by atoms with Crippen molar-refractivity contribution >= 4 is 23.6 Å². The first-order valence-electron chi connectivity index (χ1n) is 4.93. The largest absolute Gasteiger partial charge is 0.480 e. The van der Waals surface area contributed by atoms with Gasteiger partial charge in [-0.25, -0.2) is 4.79 Å². The van der Waals surface area contributed by atoms with Gasteiger partial charge in [0.1, 0.15) is 12.1 Å². The smallest absolute Gasteiger partial charge is 0.327 e. The first-order chi connectivity index (χ1) is 7.20. The molecule has 84 valence electrons. The standard InChI is InChI=1S/C9H13NO4S/c11-8(7-2-1-3-14-7)10-5-15-4-6(10)9(12)13/h6-7H,1-5H2,(H,12,13)/t6-,7?/m0/s1. The second-order valence-corrected chi connectivity index (χ2v) is 4.66. The highest BCUT2D eigenvalue weighted by atomic mass is 32.2. The molecule has 0 radical (unpaired) electrons. The summed E-state index contributed by atoms with van der Waals surface area (Å²) in [6.45, 7) is 0.606. The molecule has 1 N–H and O–H groups in total. The summed E-state index contributed by atoms with van der Waals surface area (Å²) in [5.41, 5.74) is 0. The van der Waals surface area contributed by atoms with Crippen molar-refractivity contribution in [3.8, 4) is 0 Å². The summed E-state index contributed by atoms with van der Waals surface area (Å²) in [4.78, 5) is 24.2. The van der Waals surface area contributed by atoms with Gasteiger partial charge < -0.3 is 14.7 Å². The molecular weight excluding hydrogens is 218 g/mol. The number of carbonyl (C=O) groups excluding carboxylic acids is 1. The van der Waals surface area contributed by atoms with Gasteiger partial charge in [-0.05, 0) is 12.8 Å². The molecule has 2 saturated heterocycles. The van der Waals surface area contributed by atoms with Crippen LogP contribution in [0.4, 0.5) is 0 Å². The third-order valence-electron chi connectivity index (χ3n) is 2.66. The lowest BCUT2D eigenvalue weighted by atomic mass is 10.2. The molecule has 2 rings (SSSR count). The Morgan fingerprint density at radius 2 is 2.27 bits per heavy atom. The molecular formula is C9H13NO4S. The molecule has 6 heteroatoms. The summed E-state index contributed by atoms with van der Waals surface area (Å²) in [5, 5.41) is 8.93. The number of ether oxygens (including phenoxy) is 1. The second kappa shape index (κ2) is 4.40. The third-order valence-corrected chi connectivity index (χ3v) is 3.67.